The van der Waals surface area contributed by atoms with E-state index in [9.17, 15) is 0 Å². The highest BCUT2D eigenvalue weighted by Gasteiger charge is 2.27. The first-order chi connectivity index (χ1) is 9.01. The largest absolute Gasteiger partial charge is 0.329 e. The van der Waals surface area contributed by atoms with Crippen molar-refractivity contribution in [3.63, 3.8) is 0 Å². The topological polar surface area (TPSA) is 29.3 Å². The van der Waals surface area contributed by atoms with Crippen LogP contribution in [0.15, 0.2) is 15.2 Å². The summed E-state index contributed by atoms with van der Waals surface area (Å²) in [6.45, 7) is 6.24. The van der Waals surface area contributed by atoms with Crippen molar-refractivity contribution in [3.8, 4) is 0 Å². The molecule has 0 aliphatic heterocycles. The zero-order valence-electron chi connectivity index (χ0n) is 12.4. The molecule has 0 saturated carbocycles. The monoisotopic (exact) mass is 346 g/mol. The molecule has 0 spiro atoms. The fourth-order valence-electron chi connectivity index (χ4n) is 2.27. The summed E-state index contributed by atoms with van der Waals surface area (Å²) in [4.78, 5) is 2.41. The van der Waals surface area contributed by atoms with Gasteiger partial charge in [0.1, 0.15) is 0 Å². The number of nitrogens with two attached hydrogens (primary N) is 1. The number of rotatable bonds is 9. The molecule has 0 bridgehead atoms. The Hall–Kier alpha value is 0.100. The lowest BCUT2D eigenvalue weighted by atomic mass is 9.92. The second-order valence-corrected chi connectivity index (χ2v) is 7.92. The van der Waals surface area contributed by atoms with E-state index in [4.69, 9.17) is 5.73 Å². The number of likely N-dealkylation sites (N-methyl/N-ethyl adjacent to an activating group) is 1. The zero-order valence-corrected chi connectivity index (χ0v) is 14.8. The Bertz CT molecular complexity index is 367. The van der Waals surface area contributed by atoms with Gasteiger partial charge in [0.2, 0.25) is 0 Å². The molecule has 0 aromatic carbocycles. The number of halogens is 1. The predicted molar refractivity (Wildman–Crippen MR) is 89.7 cm³/mol. The van der Waals surface area contributed by atoms with Gasteiger partial charge in [-0.05, 0) is 53.3 Å². The second-order valence-electron chi connectivity index (χ2n) is 5.63. The van der Waals surface area contributed by atoms with Gasteiger partial charge in [-0.3, -0.25) is 4.90 Å². The van der Waals surface area contributed by atoms with Crippen molar-refractivity contribution in [3.05, 3.63) is 20.8 Å². The van der Waals surface area contributed by atoms with Crippen molar-refractivity contribution in [2.45, 2.75) is 58.0 Å². The molecule has 2 nitrogen and oxygen atoms in total. The van der Waals surface area contributed by atoms with E-state index in [2.05, 4.69) is 53.2 Å². The van der Waals surface area contributed by atoms with Crippen LogP contribution in [0, 0.1) is 0 Å². The molecule has 4 heteroatoms. The van der Waals surface area contributed by atoms with Crippen LogP contribution in [0.2, 0.25) is 0 Å². The Morgan fingerprint density at radius 3 is 2.63 bits per heavy atom. The maximum absolute atomic E-state index is 6.03. The first-order valence-corrected chi connectivity index (χ1v) is 8.83. The quantitative estimate of drug-likeness (QED) is 0.660. The zero-order chi connectivity index (χ0) is 14.3. The summed E-state index contributed by atoms with van der Waals surface area (Å²) < 4.78 is 1.20. The summed E-state index contributed by atoms with van der Waals surface area (Å²) >= 11 is 5.27. The van der Waals surface area contributed by atoms with E-state index < -0.39 is 0 Å². The third-order valence-electron chi connectivity index (χ3n) is 3.97. The van der Waals surface area contributed by atoms with E-state index >= 15 is 0 Å². The van der Waals surface area contributed by atoms with Crippen LogP contribution < -0.4 is 5.73 Å². The molecule has 19 heavy (non-hydrogen) atoms. The van der Waals surface area contributed by atoms with Crippen LogP contribution in [0.4, 0.5) is 0 Å². The van der Waals surface area contributed by atoms with Gasteiger partial charge in [0.05, 0.1) is 3.79 Å². The second kappa shape index (κ2) is 8.40. The molecule has 0 fully saturated rings. The Balaban J connectivity index is 2.51. The Morgan fingerprint density at radius 2 is 2.11 bits per heavy atom. The summed E-state index contributed by atoms with van der Waals surface area (Å²) in [6, 6.07) is 2.20. The first-order valence-electron chi connectivity index (χ1n) is 7.16. The van der Waals surface area contributed by atoms with Gasteiger partial charge >= 0.3 is 0 Å². The van der Waals surface area contributed by atoms with E-state index in [0.29, 0.717) is 0 Å². The fourth-order valence-corrected chi connectivity index (χ4v) is 3.48. The molecule has 0 saturated heterocycles. The summed E-state index contributed by atoms with van der Waals surface area (Å²) in [5, 5.41) is 2.22. The summed E-state index contributed by atoms with van der Waals surface area (Å²) in [6.07, 6.45) is 6.41. The van der Waals surface area contributed by atoms with Gasteiger partial charge in [0.25, 0.3) is 0 Å². The Labute approximate surface area is 130 Å². The molecule has 1 aromatic rings. The van der Waals surface area contributed by atoms with E-state index in [1.54, 1.807) is 11.3 Å². The van der Waals surface area contributed by atoms with Crippen molar-refractivity contribution in [2.75, 3.05) is 13.6 Å². The van der Waals surface area contributed by atoms with Crippen LogP contribution in [-0.4, -0.2) is 24.0 Å². The fraction of sp³-hybridized carbons (Fsp3) is 0.733. The van der Waals surface area contributed by atoms with E-state index in [-0.39, 0.29) is 5.54 Å². The van der Waals surface area contributed by atoms with Gasteiger partial charge in [0, 0.05) is 18.6 Å². The number of thiophene rings is 1. The SMILES string of the molecule is CCCCCCC(C)(CN)N(C)Cc1csc(Br)c1. The molecule has 0 radical (unpaired) electrons. The van der Waals surface area contributed by atoms with Gasteiger partial charge in [-0.15, -0.1) is 11.3 Å². The lowest BCUT2D eigenvalue weighted by Gasteiger charge is -2.38. The first kappa shape index (κ1) is 17.2. The van der Waals surface area contributed by atoms with Crippen LogP contribution in [0.25, 0.3) is 0 Å². The number of unbranched alkanes of at least 4 members (excludes halogenated alkanes) is 3. The molecule has 1 atom stereocenters. The van der Waals surface area contributed by atoms with Crippen LogP contribution in [0.1, 0.15) is 51.5 Å². The Kier molecular flexibility index (Phi) is 7.58. The Morgan fingerprint density at radius 1 is 1.37 bits per heavy atom. The molecule has 0 aliphatic carbocycles. The minimum absolute atomic E-state index is 0.113. The number of hydrogen-bond acceptors (Lipinski definition) is 3. The standard InChI is InChI=1S/C15H27BrN2S/c1-4-5-6-7-8-15(2,12-17)18(3)10-13-9-14(16)19-11-13/h9,11H,4-8,10,12,17H2,1-3H3. The van der Waals surface area contributed by atoms with Crippen LogP contribution in [0.3, 0.4) is 0 Å². The van der Waals surface area contributed by atoms with Gasteiger partial charge in [-0.25, -0.2) is 0 Å². The number of hydrogen-bond donors (Lipinski definition) is 1. The third kappa shape index (κ3) is 5.54. The lowest BCUT2D eigenvalue weighted by molar-refractivity contribution is 0.123. The highest BCUT2D eigenvalue weighted by molar-refractivity contribution is 9.11. The molecule has 0 amide bonds. The van der Waals surface area contributed by atoms with Crippen molar-refractivity contribution < 1.29 is 0 Å². The van der Waals surface area contributed by atoms with E-state index in [1.807, 2.05) is 0 Å². The van der Waals surface area contributed by atoms with Crippen LogP contribution in [-0.2, 0) is 6.54 Å². The molecule has 1 unspecified atom stereocenters. The average Bonchev–Trinajstić information content (AvgIpc) is 2.79. The predicted octanol–water partition coefficient (Wildman–Crippen LogP) is 4.63. The molecule has 110 valence electrons. The maximum atomic E-state index is 6.03. The van der Waals surface area contributed by atoms with Gasteiger partial charge < -0.3 is 5.73 Å². The van der Waals surface area contributed by atoms with Crippen molar-refractivity contribution in [1.29, 1.82) is 0 Å². The van der Waals surface area contributed by atoms with Crippen LogP contribution in [0.5, 0.6) is 0 Å². The van der Waals surface area contributed by atoms with Crippen LogP contribution >= 0.6 is 27.3 Å². The lowest BCUT2D eigenvalue weighted by Crippen LogP contribution is -2.49. The molecule has 0 aliphatic rings. The van der Waals surface area contributed by atoms with Crippen molar-refractivity contribution in [2.24, 2.45) is 5.73 Å². The highest BCUT2D eigenvalue weighted by Crippen LogP contribution is 2.26. The minimum Gasteiger partial charge on any atom is -0.329 e. The summed E-state index contributed by atoms with van der Waals surface area (Å²) in [7, 11) is 2.19. The molecule has 1 rings (SSSR count). The highest BCUT2D eigenvalue weighted by atomic mass is 79.9. The van der Waals surface area contributed by atoms with E-state index in [0.717, 1.165) is 13.1 Å². The smallest absolute Gasteiger partial charge is 0.0701 e. The van der Waals surface area contributed by atoms with Gasteiger partial charge in [0.15, 0.2) is 0 Å². The van der Waals surface area contributed by atoms with Crippen molar-refractivity contribution in [1.82, 2.24) is 4.90 Å². The maximum Gasteiger partial charge on any atom is 0.0701 e. The van der Waals surface area contributed by atoms with Crippen molar-refractivity contribution >= 4 is 27.3 Å². The minimum atomic E-state index is 0.113. The molecule has 2 N–H and O–H groups in total. The third-order valence-corrected chi connectivity index (χ3v) is 5.52. The summed E-state index contributed by atoms with van der Waals surface area (Å²) in [5.41, 5.74) is 7.51. The van der Waals surface area contributed by atoms with E-state index in [1.165, 1.54) is 41.5 Å². The molecular weight excluding hydrogens is 320 g/mol. The van der Waals surface area contributed by atoms with Gasteiger partial charge in [-0.2, -0.15) is 0 Å². The molecule has 1 heterocycles. The summed E-state index contributed by atoms with van der Waals surface area (Å²) in [5.74, 6) is 0. The van der Waals surface area contributed by atoms with Gasteiger partial charge in [-0.1, -0.05) is 32.6 Å². The normalized spacial score (nSPS) is 14.8. The average molecular weight is 347 g/mol. The molecule has 1 aromatic heterocycles. The molecular formula is C15H27BrN2S. The number of nitrogens with zero attached hydrogens (tertiary/aromatic N) is 1.